The van der Waals surface area contributed by atoms with Crippen molar-refractivity contribution in [1.29, 1.82) is 0 Å². The molecule has 0 aliphatic rings. The van der Waals surface area contributed by atoms with Crippen molar-refractivity contribution in [3.8, 4) is 11.5 Å². The molecular weight excluding hydrogens is 338 g/mol. The summed E-state index contributed by atoms with van der Waals surface area (Å²) in [6.45, 7) is 5.61. The fourth-order valence-electron chi connectivity index (χ4n) is 2.71. The van der Waals surface area contributed by atoms with Gasteiger partial charge in [-0.1, -0.05) is 51.7 Å². The molecule has 2 aromatic carbocycles. The zero-order valence-corrected chi connectivity index (χ0v) is 16.5. The molecule has 0 radical (unpaired) electrons. The van der Waals surface area contributed by atoms with Crippen LogP contribution < -0.4 is 14.8 Å². The summed E-state index contributed by atoms with van der Waals surface area (Å²) < 4.78 is 11.4. The Morgan fingerprint density at radius 3 is 2.30 bits per heavy atom. The van der Waals surface area contributed by atoms with E-state index in [0.29, 0.717) is 24.5 Å². The predicted molar refractivity (Wildman–Crippen MR) is 111 cm³/mol. The van der Waals surface area contributed by atoms with E-state index >= 15 is 0 Å². The van der Waals surface area contributed by atoms with E-state index in [4.69, 9.17) is 9.47 Å². The summed E-state index contributed by atoms with van der Waals surface area (Å²) in [7, 11) is 0. The highest BCUT2D eigenvalue weighted by Gasteiger charge is 2.08. The van der Waals surface area contributed by atoms with Crippen molar-refractivity contribution in [3.63, 3.8) is 0 Å². The molecular formula is C23H31NO3. The highest BCUT2D eigenvalue weighted by molar-refractivity contribution is 6.04. The third kappa shape index (κ3) is 7.73. The number of rotatable bonds is 12. The molecule has 0 saturated heterocycles. The lowest BCUT2D eigenvalue weighted by Gasteiger charge is -2.10. The highest BCUT2D eigenvalue weighted by atomic mass is 16.5. The van der Waals surface area contributed by atoms with Crippen LogP contribution in [-0.2, 0) is 0 Å². The van der Waals surface area contributed by atoms with Crippen LogP contribution in [0.3, 0.4) is 0 Å². The predicted octanol–water partition coefficient (Wildman–Crippen LogP) is 6.08. The Bertz CT molecular complexity index is 700. The van der Waals surface area contributed by atoms with Crippen molar-refractivity contribution >= 4 is 11.6 Å². The van der Waals surface area contributed by atoms with E-state index in [2.05, 4.69) is 19.2 Å². The first-order valence-corrected chi connectivity index (χ1v) is 10.00. The van der Waals surface area contributed by atoms with E-state index in [0.717, 1.165) is 24.3 Å². The van der Waals surface area contributed by atoms with Gasteiger partial charge in [-0.3, -0.25) is 4.79 Å². The zero-order chi connectivity index (χ0) is 19.3. The van der Waals surface area contributed by atoms with E-state index < -0.39 is 0 Å². The minimum absolute atomic E-state index is 0.159. The van der Waals surface area contributed by atoms with Gasteiger partial charge >= 0.3 is 0 Å². The molecule has 2 aromatic rings. The summed E-state index contributed by atoms with van der Waals surface area (Å²) in [4.78, 5) is 12.5. The maximum atomic E-state index is 12.5. The van der Waals surface area contributed by atoms with E-state index in [-0.39, 0.29) is 5.91 Å². The van der Waals surface area contributed by atoms with Crippen LogP contribution in [-0.4, -0.2) is 19.1 Å². The molecule has 0 spiro atoms. The summed E-state index contributed by atoms with van der Waals surface area (Å²) in [5, 5.41) is 2.93. The van der Waals surface area contributed by atoms with Gasteiger partial charge in [-0.15, -0.1) is 0 Å². The lowest BCUT2D eigenvalue weighted by atomic mass is 10.2. The van der Waals surface area contributed by atoms with Crippen molar-refractivity contribution < 1.29 is 14.3 Å². The second-order valence-electron chi connectivity index (χ2n) is 6.62. The number of carbonyl (C=O) groups is 1. The third-order valence-electron chi connectivity index (χ3n) is 4.18. The number of hydrogen-bond acceptors (Lipinski definition) is 3. The van der Waals surface area contributed by atoms with Crippen molar-refractivity contribution in [2.24, 2.45) is 0 Å². The summed E-state index contributed by atoms with van der Waals surface area (Å²) in [6, 6.07) is 14.8. The number of amides is 1. The maximum Gasteiger partial charge on any atom is 0.255 e. The van der Waals surface area contributed by atoms with E-state index in [1.807, 2.05) is 36.4 Å². The van der Waals surface area contributed by atoms with Gasteiger partial charge in [-0.2, -0.15) is 0 Å². The minimum Gasteiger partial charge on any atom is -0.494 e. The van der Waals surface area contributed by atoms with Crippen molar-refractivity contribution in [1.82, 2.24) is 0 Å². The maximum absolute atomic E-state index is 12.5. The van der Waals surface area contributed by atoms with E-state index in [1.54, 1.807) is 12.1 Å². The van der Waals surface area contributed by atoms with Gasteiger partial charge in [0.2, 0.25) is 0 Å². The fourth-order valence-corrected chi connectivity index (χ4v) is 2.71. The largest absolute Gasteiger partial charge is 0.494 e. The average molecular weight is 370 g/mol. The molecule has 0 saturated carbocycles. The molecule has 0 aromatic heterocycles. The Morgan fingerprint density at radius 1 is 0.815 bits per heavy atom. The van der Waals surface area contributed by atoms with Crippen LogP contribution >= 0.6 is 0 Å². The van der Waals surface area contributed by atoms with Gasteiger partial charge < -0.3 is 14.8 Å². The quantitative estimate of drug-likeness (QED) is 0.461. The number of anilines is 1. The second-order valence-corrected chi connectivity index (χ2v) is 6.62. The molecule has 1 amide bonds. The Balaban J connectivity index is 1.87. The van der Waals surface area contributed by atoms with Crippen molar-refractivity contribution in [2.75, 3.05) is 18.5 Å². The SMILES string of the molecule is CCCCCCCOc1cccc(NC(=O)c2cccc(OCCC)c2)c1. The lowest BCUT2D eigenvalue weighted by molar-refractivity contribution is 0.102. The number of nitrogens with one attached hydrogen (secondary N) is 1. The number of hydrogen-bond donors (Lipinski definition) is 1. The van der Waals surface area contributed by atoms with Crippen LogP contribution in [0.1, 0.15) is 62.7 Å². The summed E-state index contributed by atoms with van der Waals surface area (Å²) >= 11 is 0. The summed E-state index contributed by atoms with van der Waals surface area (Å²) in [5.74, 6) is 1.33. The number of ether oxygens (including phenoxy) is 2. The second kappa shape index (κ2) is 12.0. The number of unbranched alkanes of at least 4 members (excludes halogenated alkanes) is 4. The number of benzene rings is 2. The number of carbonyl (C=O) groups excluding carboxylic acids is 1. The molecule has 0 heterocycles. The van der Waals surface area contributed by atoms with Crippen LogP contribution in [0.4, 0.5) is 5.69 Å². The third-order valence-corrected chi connectivity index (χ3v) is 4.18. The smallest absolute Gasteiger partial charge is 0.255 e. The molecule has 27 heavy (non-hydrogen) atoms. The molecule has 0 atom stereocenters. The Morgan fingerprint density at radius 2 is 1.52 bits per heavy atom. The molecule has 0 fully saturated rings. The molecule has 146 valence electrons. The van der Waals surface area contributed by atoms with Crippen LogP contribution in [0.25, 0.3) is 0 Å². The Labute approximate surface area is 162 Å². The van der Waals surface area contributed by atoms with E-state index in [9.17, 15) is 4.79 Å². The average Bonchev–Trinajstić information content (AvgIpc) is 2.69. The topological polar surface area (TPSA) is 47.6 Å². The Hall–Kier alpha value is -2.49. The molecule has 4 heteroatoms. The molecule has 4 nitrogen and oxygen atoms in total. The highest BCUT2D eigenvalue weighted by Crippen LogP contribution is 2.20. The van der Waals surface area contributed by atoms with Gasteiger partial charge in [0.1, 0.15) is 11.5 Å². The van der Waals surface area contributed by atoms with Gasteiger partial charge in [-0.05, 0) is 43.2 Å². The lowest BCUT2D eigenvalue weighted by Crippen LogP contribution is -2.12. The first-order chi connectivity index (χ1) is 13.2. The molecule has 0 unspecified atom stereocenters. The molecule has 0 aliphatic carbocycles. The monoisotopic (exact) mass is 369 g/mol. The molecule has 0 bridgehead atoms. The summed E-state index contributed by atoms with van der Waals surface area (Å²) in [5.41, 5.74) is 1.30. The van der Waals surface area contributed by atoms with Crippen molar-refractivity contribution in [3.05, 3.63) is 54.1 Å². The fraction of sp³-hybridized carbons (Fsp3) is 0.435. The van der Waals surface area contributed by atoms with Gasteiger partial charge in [0, 0.05) is 17.3 Å². The van der Waals surface area contributed by atoms with Crippen LogP contribution in [0, 0.1) is 0 Å². The normalized spacial score (nSPS) is 10.4. The molecule has 0 aliphatic heterocycles. The van der Waals surface area contributed by atoms with Gasteiger partial charge in [0.25, 0.3) is 5.91 Å². The van der Waals surface area contributed by atoms with Crippen LogP contribution in [0.2, 0.25) is 0 Å². The van der Waals surface area contributed by atoms with Crippen LogP contribution in [0.5, 0.6) is 11.5 Å². The summed E-state index contributed by atoms with van der Waals surface area (Å²) in [6.07, 6.45) is 6.98. The van der Waals surface area contributed by atoms with Gasteiger partial charge in [0.15, 0.2) is 0 Å². The standard InChI is InChI=1S/C23H31NO3/c1-3-5-6-7-8-16-27-22-14-10-12-20(18-22)24-23(25)19-11-9-13-21(17-19)26-15-4-2/h9-14,17-18H,3-8,15-16H2,1-2H3,(H,24,25). The van der Waals surface area contributed by atoms with Crippen LogP contribution in [0.15, 0.2) is 48.5 Å². The first kappa shape index (κ1) is 20.8. The van der Waals surface area contributed by atoms with Gasteiger partial charge in [-0.25, -0.2) is 0 Å². The molecule has 2 rings (SSSR count). The Kier molecular flexibility index (Phi) is 9.25. The van der Waals surface area contributed by atoms with Crippen molar-refractivity contribution in [2.45, 2.75) is 52.4 Å². The first-order valence-electron chi connectivity index (χ1n) is 10.00. The van der Waals surface area contributed by atoms with Gasteiger partial charge in [0.05, 0.1) is 13.2 Å². The minimum atomic E-state index is -0.159. The zero-order valence-electron chi connectivity index (χ0n) is 16.5. The van der Waals surface area contributed by atoms with E-state index in [1.165, 1.54) is 25.7 Å². The molecule has 1 N–H and O–H groups in total.